The minimum absolute atomic E-state index is 0.0595. The van der Waals surface area contributed by atoms with Gasteiger partial charge in [0.15, 0.2) is 0 Å². The molecule has 0 fully saturated rings. The molecule has 0 aliphatic heterocycles. The molecule has 2 nitrogen and oxygen atoms in total. The number of carbonyl (C=O) groups is 1. The Labute approximate surface area is 147 Å². The molecule has 3 rings (SSSR count). The lowest BCUT2D eigenvalue weighted by Gasteiger charge is -2.23. The Bertz CT molecular complexity index is 826. The monoisotopic (exact) mass is 335 g/mol. The van der Waals surface area contributed by atoms with Crippen molar-refractivity contribution in [3.05, 3.63) is 83.9 Å². The van der Waals surface area contributed by atoms with Crippen LogP contribution in [0.15, 0.2) is 72.8 Å². The van der Waals surface area contributed by atoms with E-state index in [4.69, 9.17) is 0 Å². The van der Waals surface area contributed by atoms with Crippen molar-refractivity contribution in [2.24, 2.45) is 0 Å². The molecule has 0 bridgehead atoms. The van der Waals surface area contributed by atoms with E-state index < -0.39 is 0 Å². The first-order valence-corrected chi connectivity index (χ1v) is 9.35. The van der Waals surface area contributed by atoms with Crippen molar-refractivity contribution in [1.82, 2.24) is 5.32 Å². The number of amides is 1. The Hall–Kier alpha value is -2.26. The van der Waals surface area contributed by atoms with Crippen LogP contribution in [0.4, 0.5) is 0 Å². The molecule has 3 heteroatoms. The van der Waals surface area contributed by atoms with E-state index in [0.717, 1.165) is 11.1 Å². The fraction of sp³-hybridized carbons (Fsp3) is 0.190. The minimum atomic E-state index is -0.153. The zero-order chi connectivity index (χ0) is 16.9. The third-order valence-electron chi connectivity index (χ3n) is 4.28. The molecule has 2 atom stereocenters. The first kappa shape index (κ1) is 16.6. The maximum atomic E-state index is 12.5. The van der Waals surface area contributed by atoms with Crippen LogP contribution in [0.1, 0.15) is 24.1 Å². The number of benzene rings is 3. The molecule has 0 aromatic heterocycles. The van der Waals surface area contributed by atoms with Crippen molar-refractivity contribution in [3.63, 3.8) is 0 Å². The van der Waals surface area contributed by atoms with Crippen LogP contribution >= 0.6 is 11.8 Å². The van der Waals surface area contributed by atoms with E-state index in [-0.39, 0.29) is 17.2 Å². The average molecular weight is 335 g/mol. The first-order chi connectivity index (χ1) is 11.7. The Kier molecular flexibility index (Phi) is 5.21. The maximum absolute atomic E-state index is 12.5. The normalized spacial score (nSPS) is 13.4. The van der Waals surface area contributed by atoms with Gasteiger partial charge in [-0.1, -0.05) is 72.8 Å². The number of fused-ring (bicyclic) bond motifs is 1. The molecule has 0 aliphatic rings. The topological polar surface area (TPSA) is 29.1 Å². The summed E-state index contributed by atoms with van der Waals surface area (Å²) in [4.78, 5) is 12.5. The lowest BCUT2D eigenvalue weighted by Crippen LogP contribution is -2.34. The van der Waals surface area contributed by atoms with Gasteiger partial charge in [0.2, 0.25) is 5.91 Å². The third kappa shape index (κ3) is 3.46. The van der Waals surface area contributed by atoms with Crippen LogP contribution in [0.25, 0.3) is 10.8 Å². The average Bonchev–Trinajstić information content (AvgIpc) is 2.65. The number of thioether (sulfide) groups is 1. The predicted molar refractivity (Wildman–Crippen MR) is 103 cm³/mol. The van der Waals surface area contributed by atoms with Gasteiger partial charge in [0.05, 0.1) is 11.3 Å². The van der Waals surface area contributed by atoms with Crippen molar-refractivity contribution in [1.29, 1.82) is 0 Å². The Morgan fingerprint density at radius 3 is 2.33 bits per heavy atom. The van der Waals surface area contributed by atoms with Crippen molar-refractivity contribution in [3.8, 4) is 0 Å². The number of carbonyl (C=O) groups excluding carboxylic acids is 1. The molecule has 0 radical (unpaired) electrons. The summed E-state index contributed by atoms with van der Waals surface area (Å²) in [5.74, 6) is 0.0595. The lowest BCUT2D eigenvalue weighted by molar-refractivity contribution is -0.120. The molecule has 1 amide bonds. The van der Waals surface area contributed by atoms with E-state index in [2.05, 4.69) is 47.8 Å². The summed E-state index contributed by atoms with van der Waals surface area (Å²) >= 11 is 1.56. The van der Waals surface area contributed by atoms with Gasteiger partial charge in [0.25, 0.3) is 0 Å². The standard InChI is InChI=1S/C21H21NOS/c1-15(24-2)21(23)22-20(17-10-4-3-5-11-17)19-14-8-12-16-9-6-7-13-18(16)19/h3-15,20H,1-2H3,(H,22,23). The molecule has 0 saturated heterocycles. The van der Waals surface area contributed by atoms with Gasteiger partial charge in [0.1, 0.15) is 0 Å². The minimum Gasteiger partial charge on any atom is -0.344 e. The summed E-state index contributed by atoms with van der Waals surface area (Å²) in [5, 5.41) is 5.51. The summed E-state index contributed by atoms with van der Waals surface area (Å²) in [6.45, 7) is 1.94. The highest BCUT2D eigenvalue weighted by atomic mass is 32.2. The molecule has 3 aromatic rings. The molecule has 24 heavy (non-hydrogen) atoms. The molecule has 0 aliphatic carbocycles. The van der Waals surface area contributed by atoms with Crippen LogP contribution in [-0.2, 0) is 4.79 Å². The quantitative estimate of drug-likeness (QED) is 0.726. The number of rotatable bonds is 5. The van der Waals surface area contributed by atoms with Gasteiger partial charge in [-0.3, -0.25) is 4.79 Å². The largest absolute Gasteiger partial charge is 0.344 e. The molecular weight excluding hydrogens is 314 g/mol. The van der Waals surface area contributed by atoms with Crippen LogP contribution in [-0.4, -0.2) is 17.4 Å². The number of hydrogen-bond acceptors (Lipinski definition) is 2. The van der Waals surface area contributed by atoms with Gasteiger partial charge in [-0.2, -0.15) is 11.8 Å². The van der Waals surface area contributed by atoms with Crippen LogP contribution in [0.2, 0.25) is 0 Å². The molecule has 0 spiro atoms. The van der Waals surface area contributed by atoms with Gasteiger partial charge in [-0.05, 0) is 35.1 Å². The number of hydrogen-bond donors (Lipinski definition) is 1. The summed E-state index contributed by atoms with van der Waals surface area (Å²) in [7, 11) is 0. The maximum Gasteiger partial charge on any atom is 0.233 e. The summed E-state index contributed by atoms with van der Waals surface area (Å²) in [6.07, 6.45) is 1.96. The Morgan fingerprint density at radius 2 is 1.58 bits per heavy atom. The fourth-order valence-corrected chi connectivity index (χ4v) is 3.14. The molecule has 1 N–H and O–H groups in total. The third-order valence-corrected chi connectivity index (χ3v) is 5.20. The van der Waals surface area contributed by atoms with E-state index in [1.165, 1.54) is 10.8 Å². The van der Waals surface area contributed by atoms with E-state index in [1.807, 2.05) is 43.5 Å². The number of nitrogens with one attached hydrogen (secondary N) is 1. The Morgan fingerprint density at radius 1 is 0.917 bits per heavy atom. The Balaban J connectivity index is 2.08. The fourth-order valence-electron chi connectivity index (χ4n) is 2.85. The van der Waals surface area contributed by atoms with Gasteiger partial charge >= 0.3 is 0 Å². The van der Waals surface area contributed by atoms with Crippen LogP contribution in [0.3, 0.4) is 0 Å². The SMILES string of the molecule is CSC(C)C(=O)NC(c1ccccc1)c1cccc2ccccc12. The van der Waals surface area contributed by atoms with Crippen molar-refractivity contribution in [2.75, 3.05) is 6.26 Å². The highest BCUT2D eigenvalue weighted by Gasteiger charge is 2.21. The lowest BCUT2D eigenvalue weighted by atomic mass is 9.93. The van der Waals surface area contributed by atoms with E-state index >= 15 is 0 Å². The van der Waals surface area contributed by atoms with Gasteiger partial charge in [-0.25, -0.2) is 0 Å². The van der Waals surface area contributed by atoms with Crippen molar-refractivity contribution < 1.29 is 4.79 Å². The highest BCUT2D eigenvalue weighted by Crippen LogP contribution is 2.29. The van der Waals surface area contributed by atoms with E-state index in [1.54, 1.807) is 11.8 Å². The van der Waals surface area contributed by atoms with Crippen LogP contribution < -0.4 is 5.32 Å². The second kappa shape index (κ2) is 7.54. The molecular formula is C21H21NOS. The smallest absolute Gasteiger partial charge is 0.233 e. The van der Waals surface area contributed by atoms with Gasteiger partial charge in [-0.15, -0.1) is 0 Å². The zero-order valence-electron chi connectivity index (χ0n) is 13.9. The molecule has 3 aromatic carbocycles. The van der Waals surface area contributed by atoms with Crippen LogP contribution in [0, 0.1) is 0 Å². The highest BCUT2D eigenvalue weighted by molar-refractivity contribution is 7.99. The van der Waals surface area contributed by atoms with Gasteiger partial charge in [0, 0.05) is 0 Å². The first-order valence-electron chi connectivity index (χ1n) is 8.06. The van der Waals surface area contributed by atoms with E-state index in [9.17, 15) is 4.79 Å². The molecule has 2 unspecified atom stereocenters. The van der Waals surface area contributed by atoms with E-state index in [0.29, 0.717) is 0 Å². The van der Waals surface area contributed by atoms with Gasteiger partial charge < -0.3 is 5.32 Å². The molecule has 0 saturated carbocycles. The molecule has 122 valence electrons. The summed E-state index contributed by atoms with van der Waals surface area (Å²) in [6, 6.07) is 24.6. The predicted octanol–water partition coefficient (Wildman–Crippen LogP) is 4.80. The zero-order valence-corrected chi connectivity index (χ0v) is 14.7. The summed E-state index contributed by atoms with van der Waals surface area (Å²) in [5.41, 5.74) is 2.22. The second-order valence-electron chi connectivity index (χ2n) is 5.80. The van der Waals surface area contributed by atoms with Crippen molar-refractivity contribution in [2.45, 2.75) is 18.2 Å². The molecule has 0 heterocycles. The van der Waals surface area contributed by atoms with Crippen molar-refractivity contribution >= 4 is 28.4 Å². The summed E-state index contributed by atoms with van der Waals surface area (Å²) < 4.78 is 0. The van der Waals surface area contributed by atoms with Crippen LogP contribution in [0.5, 0.6) is 0 Å². The second-order valence-corrected chi connectivity index (χ2v) is 6.98.